The van der Waals surface area contributed by atoms with Crippen LogP contribution in [0.5, 0.6) is 0 Å². The molecule has 4 heterocycles. The van der Waals surface area contributed by atoms with Crippen LogP contribution in [0.1, 0.15) is 11.1 Å². The van der Waals surface area contributed by atoms with Crippen molar-refractivity contribution in [2.24, 2.45) is 0 Å². The number of hydrogen-bond acceptors (Lipinski definition) is 2. The molecule has 0 fully saturated rings. The van der Waals surface area contributed by atoms with Crippen molar-refractivity contribution < 1.29 is 5.48 Å². The van der Waals surface area contributed by atoms with Gasteiger partial charge in [0.1, 0.15) is 11.3 Å². The second-order valence-electron chi connectivity index (χ2n) is 7.92. The highest BCUT2D eigenvalue weighted by Crippen LogP contribution is 2.20. The largest absolute Gasteiger partial charge is 0.412 e. The standard InChI is InChI=1S/2C14H12N2.2ClH.H2O/c2*1-11-5-7-12(8-6-11)13-10-16-9-3-2-4-14(16)15-13;;;/h2*2-10H,1H3;2*1H;1H2. The Balaban J connectivity index is 0.000000227. The van der Waals surface area contributed by atoms with Gasteiger partial charge in [-0.3, -0.25) is 0 Å². The van der Waals surface area contributed by atoms with Crippen molar-refractivity contribution in [3.8, 4) is 22.5 Å². The summed E-state index contributed by atoms with van der Waals surface area (Å²) in [6.07, 6.45) is 8.14. The van der Waals surface area contributed by atoms with Gasteiger partial charge < -0.3 is 14.3 Å². The molecular formula is C28H28Cl2N4O. The molecule has 35 heavy (non-hydrogen) atoms. The van der Waals surface area contributed by atoms with Gasteiger partial charge in [-0.05, 0) is 38.1 Å². The third-order valence-corrected chi connectivity index (χ3v) is 5.42. The minimum absolute atomic E-state index is 0. The van der Waals surface area contributed by atoms with Crippen molar-refractivity contribution in [3.63, 3.8) is 0 Å². The maximum Gasteiger partial charge on any atom is 0.137 e. The van der Waals surface area contributed by atoms with Gasteiger partial charge in [0.25, 0.3) is 0 Å². The molecule has 0 amide bonds. The normalized spacial score (nSPS) is 9.89. The number of fused-ring (bicyclic) bond motifs is 2. The third kappa shape index (κ3) is 6.28. The number of imidazole rings is 2. The molecule has 0 unspecified atom stereocenters. The quantitative estimate of drug-likeness (QED) is 0.264. The van der Waals surface area contributed by atoms with E-state index >= 15 is 0 Å². The fraction of sp³-hybridized carbons (Fsp3) is 0.0714. The van der Waals surface area contributed by atoms with E-state index in [2.05, 4.69) is 84.7 Å². The van der Waals surface area contributed by atoms with Crippen LogP contribution >= 0.6 is 24.8 Å². The van der Waals surface area contributed by atoms with Crippen LogP contribution in [0.15, 0.2) is 110 Å². The predicted molar refractivity (Wildman–Crippen MR) is 149 cm³/mol. The average Bonchev–Trinajstić information content (AvgIpc) is 3.45. The van der Waals surface area contributed by atoms with Crippen molar-refractivity contribution in [1.29, 1.82) is 0 Å². The van der Waals surface area contributed by atoms with E-state index in [1.54, 1.807) is 0 Å². The summed E-state index contributed by atoms with van der Waals surface area (Å²) in [6, 6.07) is 28.9. The van der Waals surface area contributed by atoms with Crippen LogP contribution in [-0.2, 0) is 0 Å². The van der Waals surface area contributed by atoms with E-state index < -0.39 is 0 Å². The molecule has 0 aliphatic carbocycles. The summed E-state index contributed by atoms with van der Waals surface area (Å²) in [5.74, 6) is 0. The molecule has 0 spiro atoms. The molecule has 0 radical (unpaired) electrons. The lowest BCUT2D eigenvalue weighted by molar-refractivity contribution is 0.824. The van der Waals surface area contributed by atoms with Crippen LogP contribution in [0, 0.1) is 13.8 Å². The minimum atomic E-state index is 0. The van der Waals surface area contributed by atoms with E-state index in [4.69, 9.17) is 0 Å². The number of rotatable bonds is 2. The Bertz CT molecular complexity index is 1310. The van der Waals surface area contributed by atoms with E-state index in [0.717, 1.165) is 33.8 Å². The fourth-order valence-corrected chi connectivity index (χ4v) is 3.60. The molecule has 0 aliphatic rings. The van der Waals surface area contributed by atoms with E-state index in [1.165, 1.54) is 11.1 Å². The lowest BCUT2D eigenvalue weighted by Gasteiger charge is -1.96. The van der Waals surface area contributed by atoms with Gasteiger partial charge in [0.2, 0.25) is 0 Å². The summed E-state index contributed by atoms with van der Waals surface area (Å²) in [6.45, 7) is 4.18. The lowest BCUT2D eigenvalue weighted by Crippen LogP contribution is -1.77. The van der Waals surface area contributed by atoms with Crippen molar-refractivity contribution in [2.45, 2.75) is 13.8 Å². The van der Waals surface area contributed by atoms with Gasteiger partial charge in [0.05, 0.1) is 11.4 Å². The Morgan fingerprint density at radius 1 is 0.514 bits per heavy atom. The number of halogens is 2. The van der Waals surface area contributed by atoms with Crippen LogP contribution in [0.2, 0.25) is 0 Å². The zero-order valence-corrected chi connectivity index (χ0v) is 21.1. The molecule has 6 aromatic rings. The van der Waals surface area contributed by atoms with E-state index in [9.17, 15) is 0 Å². The van der Waals surface area contributed by atoms with Crippen LogP contribution in [0.3, 0.4) is 0 Å². The monoisotopic (exact) mass is 506 g/mol. The highest BCUT2D eigenvalue weighted by atomic mass is 35.5. The summed E-state index contributed by atoms with van der Waals surface area (Å²) < 4.78 is 4.07. The Kier molecular flexibility index (Phi) is 9.60. The average molecular weight is 507 g/mol. The Hall–Kier alpha value is -3.64. The molecule has 0 atom stereocenters. The van der Waals surface area contributed by atoms with Gasteiger partial charge in [-0.25, -0.2) is 9.97 Å². The summed E-state index contributed by atoms with van der Waals surface area (Å²) in [4.78, 5) is 9.15. The molecular weight excluding hydrogens is 479 g/mol. The molecule has 180 valence electrons. The summed E-state index contributed by atoms with van der Waals surface area (Å²) in [5, 5.41) is 0. The number of hydrogen-bond donors (Lipinski definition) is 0. The molecule has 0 aliphatic heterocycles. The highest BCUT2D eigenvalue weighted by Gasteiger charge is 2.03. The molecule has 6 rings (SSSR count). The first kappa shape index (κ1) is 27.6. The second kappa shape index (κ2) is 12.2. The first-order valence-corrected chi connectivity index (χ1v) is 10.7. The van der Waals surface area contributed by atoms with Crippen molar-refractivity contribution in [1.82, 2.24) is 18.8 Å². The number of pyridine rings is 2. The second-order valence-corrected chi connectivity index (χ2v) is 7.92. The molecule has 2 aromatic carbocycles. The maximum absolute atomic E-state index is 4.58. The molecule has 0 bridgehead atoms. The zero-order chi connectivity index (χ0) is 21.9. The molecule has 4 aromatic heterocycles. The smallest absolute Gasteiger partial charge is 0.137 e. The SMILES string of the molecule is Cc1ccc(-c2cn3ccccc3n2)cc1.Cc1ccc(-c2cn3ccccc3n2)cc1.Cl.Cl.O. The Morgan fingerprint density at radius 3 is 1.23 bits per heavy atom. The number of benzene rings is 2. The topological polar surface area (TPSA) is 66.1 Å². The number of aromatic nitrogens is 4. The first-order chi connectivity index (χ1) is 15.7. The van der Waals surface area contributed by atoms with Gasteiger partial charge in [-0.15, -0.1) is 24.8 Å². The summed E-state index contributed by atoms with van der Waals surface area (Å²) >= 11 is 0. The van der Waals surface area contributed by atoms with Crippen molar-refractivity contribution in [3.05, 3.63) is 121 Å². The fourth-order valence-electron chi connectivity index (χ4n) is 3.60. The first-order valence-electron chi connectivity index (χ1n) is 10.7. The maximum atomic E-state index is 4.58. The van der Waals surface area contributed by atoms with E-state index in [0.29, 0.717) is 0 Å². The van der Waals surface area contributed by atoms with Gasteiger partial charge in [0.15, 0.2) is 0 Å². The summed E-state index contributed by atoms with van der Waals surface area (Å²) in [5.41, 5.74) is 8.87. The highest BCUT2D eigenvalue weighted by molar-refractivity contribution is 5.85. The molecule has 2 N–H and O–H groups in total. The number of nitrogens with zero attached hydrogens (tertiary/aromatic N) is 4. The minimum Gasteiger partial charge on any atom is -0.412 e. The number of aryl methyl sites for hydroxylation is 2. The third-order valence-electron chi connectivity index (χ3n) is 5.42. The van der Waals surface area contributed by atoms with E-state index in [1.807, 2.05) is 57.6 Å². The van der Waals surface area contributed by atoms with Crippen molar-refractivity contribution in [2.75, 3.05) is 0 Å². The van der Waals surface area contributed by atoms with Gasteiger partial charge in [0, 0.05) is 35.9 Å². The Labute approximate surface area is 217 Å². The predicted octanol–water partition coefficient (Wildman–Crippen LogP) is 6.64. The van der Waals surface area contributed by atoms with Gasteiger partial charge >= 0.3 is 0 Å². The summed E-state index contributed by atoms with van der Waals surface area (Å²) in [7, 11) is 0. The zero-order valence-electron chi connectivity index (χ0n) is 19.5. The van der Waals surface area contributed by atoms with Crippen LogP contribution in [-0.4, -0.2) is 24.2 Å². The van der Waals surface area contributed by atoms with Crippen LogP contribution in [0.4, 0.5) is 0 Å². The van der Waals surface area contributed by atoms with Crippen LogP contribution < -0.4 is 0 Å². The van der Waals surface area contributed by atoms with Gasteiger partial charge in [-0.2, -0.15) is 0 Å². The lowest BCUT2D eigenvalue weighted by atomic mass is 10.1. The van der Waals surface area contributed by atoms with Gasteiger partial charge in [-0.1, -0.05) is 71.8 Å². The molecule has 5 nitrogen and oxygen atoms in total. The molecule has 7 heteroatoms. The van der Waals surface area contributed by atoms with Crippen molar-refractivity contribution >= 4 is 36.1 Å². The molecule has 0 saturated carbocycles. The Morgan fingerprint density at radius 2 is 0.886 bits per heavy atom. The molecule has 0 saturated heterocycles. The van der Waals surface area contributed by atoms with E-state index in [-0.39, 0.29) is 30.3 Å². The van der Waals surface area contributed by atoms with Crippen LogP contribution in [0.25, 0.3) is 33.8 Å².